The molecule has 1 atom stereocenters. The maximum atomic E-state index is 13.7. The zero-order valence-corrected chi connectivity index (χ0v) is 12.3. The van der Waals surface area contributed by atoms with E-state index in [-0.39, 0.29) is 22.2 Å². The number of carbonyl (C=O) groups is 1. The molecule has 1 unspecified atom stereocenters. The third-order valence-corrected chi connectivity index (χ3v) is 4.82. The number of hydrogen-bond donors (Lipinski definition) is 2. The van der Waals surface area contributed by atoms with Crippen LogP contribution in [0.3, 0.4) is 0 Å². The van der Waals surface area contributed by atoms with E-state index in [0.717, 1.165) is 44.4 Å². The lowest BCUT2D eigenvalue weighted by Crippen LogP contribution is -2.59. The van der Waals surface area contributed by atoms with Crippen molar-refractivity contribution in [1.29, 1.82) is 0 Å². The number of nitrogens with one attached hydrogen (secondary N) is 2. The predicted octanol–water partition coefficient (Wildman–Crippen LogP) is 3.02. The highest BCUT2D eigenvalue weighted by atomic mass is 35.5. The van der Waals surface area contributed by atoms with Gasteiger partial charge in [-0.15, -0.1) is 0 Å². The zero-order chi connectivity index (χ0) is 15.0. The van der Waals surface area contributed by atoms with Gasteiger partial charge in [0.1, 0.15) is 11.6 Å². The normalized spacial score (nSPS) is 23.7. The van der Waals surface area contributed by atoms with Gasteiger partial charge in [0.15, 0.2) is 0 Å². The van der Waals surface area contributed by atoms with Gasteiger partial charge < -0.3 is 10.6 Å². The molecule has 1 aliphatic heterocycles. The van der Waals surface area contributed by atoms with E-state index in [1.165, 1.54) is 6.42 Å². The van der Waals surface area contributed by atoms with Crippen molar-refractivity contribution in [3.63, 3.8) is 0 Å². The van der Waals surface area contributed by atoms with E-state index in [0.29, 0.717) is 0 Å². The van der Waals surface area contributed by atoms with Gasteiger partial charge in [-0.1, -0.05) is 11.6 Å². The predicted molar refractivity (Wildman–Crippen MR) is 76.4 cm³/mol. The van der Waals surface area contributed by atoms with Gasteiger partial charge in [0.2, 0.25) is 0 Å². The Morgan fingerprint density at radius 1 is 1.33 bits per heavy atom. The second-order valence-corrected chi connectivity index (χ2v) is 6.38. The van der Waals surface area contributed by atoms with Crippen molar-refractivity contribution in [3.05, 3.63) is 34.4 Å². The van der Waals surface area contributed by atoms with E-state index >= 15 is 0 Å². The van der Waals surface area contributed by atoms with Crippen LogP contribution in [0.2, 0.25) is 5.02 Å². The number of hydrogen-bond acceptors (Lipinski definition) is 2. The first-order chi connectivity index (χ1) is 9.99. The molecule has 1 aromatic carbocycles. The monoisotopic (exact) mass is 314 g/mol. The molecule has 1 heterocycles. The molecule has 114 valence electrons. The van der Waals surface area contributed by atoms with Crippen LogP contribution in [0.25, 0.3) is 0 Å². The Hall–Kier alpha value is -1.20. The van der Waals surface area contributed by atoms with Crippen LogP contribution in [-0.2, 0) is 0 Å². The van der Waals surface area contributed by atoms with Crippen molar-refractivity contribution in [3.8, 4) is 0 Å². The maximum Gasteiger partial charge on any atom is 0.254 e. The standard InChI is InChI=1S/C15H17ClF2N2O/c16-11-7-12(17)10(6-13(11)18)14(21)20-9-2-5-19-15(8-9)3-1-4-15/h6-7,9,19H,1-5,8H2,(H,20,21). The van der Waals surface area contributed by atoms with Crippen molar-refractivity contribution < 1.29 is 13.6 Å². The minimum Gasteiger partial charge on any atom is -0.349 e. The zero-order valence-electron chi connectivity index (χ0n) is 11.5. The molecule has 2 fully saturated rings. The highest BCUT2D eigenvalue weighted by molar-refractivity contribution is 6.30. The van der Waals surface area contributed by atoms with Gasteiger partial charge in [-0.3, -0.25) is 4.79 Å². The summed E-state index contributed by atoms with van der Waals surface area (Å²) < 4.78 is 27.1. The number of halogens is 3. The maximum absolute atomic E-state index is 13.7. The summed E-state index contributed by atoms with van der Waals surface area (Å²) in [7, 11) is 0. The average molecular weight is 315 g/mol. The SMILES string of the molecule is O=C(NC1CCNC2(CCC2)C1)c1cc(F)c(Cl)cc1F. The summed E-state index contributed by atoms with van der Waals surface area (Å²) in [6.07, 6.45) is 5.07. The van der Waals surface area contributed by atoms with Gasteiger partial charge in [-0.25, -0.2) is 8.78 Å². The largest absolute Gasteiger partial charge is 0.349 e. The van der Waals surface area contributed by atoms with E-state index in [2.05, 4.69) is 10.6 Å². The van der Waals surface area contributed by atoms with Gasteiger partial charge in [0.25, 0.3) is 5.91 Å². The Balaban J connectivity index is 1.70. The highest BCUT2D eigenvalue weighted by Crippen LogP contribution is 2.38. The van der Waals surface area contributed by atoms with Crippen LogP contribution in [-0.4, -0.2) is 24.0 Å². The summed E-state index contributed by atoms with van der Waals surface area (Å²) in [6.45, 7) is 0.836. The van der Waals surface area contributed by atoms with Crippen molar-refractivity contribution in [1.82, 2.24) is 10.6 Å². The van der Waals surface area contributed by atoms with Crippen LogP contribution in [0.5, 0.6) is 0 Å². The van der Waals surface area contributed by atoms with Crippen molar-refractivity contribution in [2.45, 2.75) is 43.7 Å². The summed E-state index contributed by atoms with van der Waals surface area (Å²) in [4.78, 5) is 12.1. The van der Waals surface area contributed by atoms with Gasteiger partial charge >= 0.3 is 0 Å². The molecule has 2 aliphatic rings. The fourth-order valence-electron chi connectivity index (χ4n) is 3.22. The molecule has 21 heavy (non-hydrogen) atoms. The Labute approximate surface area is 127 Å². The summed E-state index contributed by atoms with van der Waals surface area (Å²) >= 11 is 5.49. The molecular weight excluding hydrogens is 298 g/mol. The molecular formula is C15H17ClF2N2O. The topological polar surface area (TPSA) is 41.1 Å². The number of amides is 1. The summed E-state index contributed by atoms with van der Waals surface area (Å²) in [5.41, 5.74) is -0.155. The number of carbonyl (C=O) groups excluding carboxylic acids is 1. The molecule has 0 aromatic heterocycles. The number of rotatable bonds is 2. The molecule has 6 heteroatoms. The van der Waals surface area contributed by atoms with Crippen LogP contribution >= 0.6 is 11.6 Å². The fourth-order valence-corrected chi connectivity index (χ4v) is 3.38. The molecule has 1 spiro atoms. The third-order valence-electron chi connectivity index (χ3n) is 4.53. The molecule has 1 aliphatic carbocycles. The summed E-state index contributed by atoms with van der Waals surface area (Å²) in [5, 5.41) is 6.00. The Morgan fingerprint density at radius 2 is 2.10 bits per heavy atom. The second kappa shape index (κ2) is 5.54. The minimum atomic E-state index is -0.800. The first-order valence-electron chi connectivity index (χ1n) is 7.20. The van der Waals surface area contributed by atoms with Crippen LogP contribution < -0.4 is 10.6 Å². The lowest BCUT2D eigenvalue weighted by Gasteiger charge is -2.48. The van der Waals surface area contributed by atoms with Crippen molar-refractivity contribution in [2.75, 3.05) is 6.54 Å². The summed E-state index contributed by atoms with van der Waals surface area (Å²) in [6, 6.07) is 1.69. The quantitative estimate of drug-likeness (QED) is 0.824. The smallest absolute Gasteiger partial charge is 0.254 e. The van der Waals surface area contributed by atoms with Crippen LogP contribution in [0, 0.1) is 11.6 Å². The molecule has 2 N–H and O–H groups in total. The molecule has 1 saturated heterocycles. The van der Waals surface area contributed by atoms with E-state index in [9.17, 15) is 13.6 Å². The summed E-state index contributed by atoms with van der Waals surface area (Å²) in [5.74, 6) is -2.17. The first-order valence-corrected chi connectivity index (χ1v) is 7.57. The molecule has 3 nitrogen and oxygen atoms in total. The van der Waals surface area contributed by atoms with E-state index in [4.69, 9.17) is 11.6 Å². The fraction of sp³-hybridized carbons (Fsp3) is 0.533. The van der Waals surface area contributed by atoms with Gasteiger partial charge in [-0.05, 0) is 50.8 Å². The van der Waals surface area contributed by atoms with Crippen molar-refractivity contribution in [2.24, 2.45) is 0 Å². The minimum absolute atomic E-state index is 0.00260. The van der Waals surface area contributed by atoms with Gasteiger partial charge in [-0.2, -0.15) is 0 Å². The lowest BCUT2D eigenvalue weighted by molar-refractivity contribution is 0.0849. The molecule has 0 bridgehead atoms. The van der Waals surface area contributed by atoms with Crippen LogP contribution in [0.4, 0.5) is 8.78 Å². The van der Waals surface area contributed by atoms with E-state index in [1.54, 1.807) is 0 Å². The van der Waals surface area contributed by atoms with Crippen molar-refractivity contribution >= 4 is 17.5 Å². The Kier molecular flexibility index (Phi) is 3.88. The van der Waals surface area contributed by atoms with E-state index in [1.807, 2.05) is 0 Å². The van der Waals surface area contributed by atoms with E-state index < -0.39 is 17.5 Å². The second-order valence-electron chi connectivity index (χ2n) is 5.97. The molecule has 1 amide bonds. The Bertz CT molecular complexity index is 575. The Morgan fingerprint density at radius 3 is 2.76 bits per heavy atom. The molecule has 3 rings (SSSR count). The third kappa shape index (κ3) is 2.90. The van der Waals surface area contributed by atoms with Gasteiger partial charge in [0, 0.05) is 11.6 Å². The molecule has 1 aromatic rings. The number of benzene rings is 1. The first kappa shape index (κ1) is 14.7. The average Bonchev–Trinajstić information content (AvgIpc) is 2.41. The molecule has 0 radical (unpaired) electrons. The number of piperidine rings is 1. The van der Waals surface area contributed by atoms with Crippen LogP contribution in [0.1, 0.15) is 42.5 Å². The van der Waals surface area contributed by atoms with Crippen LogP contribution in [0.15, 0.2) is 12.1 Å². The lowest BCUT2D eigenvalue weighted by atomic mass is 9.70. The van der Waals surface area contributed by atoms with Gasteiger partial charge in [0.05, 0.1) is 10.6 Å². The highest BCUT2D eigenvalue weighted by Gasteiger charge is 2.41. The molecule has 1 saturated carbocycles.